The summed E-state index contributed by atoms with van der Waals surface area (Å²) < 4.78 is 28.4. The number of carbonyl (C=O) groups is 2. The van der Waals surface area contributed by atoms with Crippen molar-refractivity contribution < 1.29 is 18.0 Å². The van der Waals surface area contributed by atoms with Crippen molar-refractivity contribution in [2.45, 2.75) is 62.6 Å². The molecule has 2 aromatic carbocycles. The van der Waals surface area contributed by atoms with Crippen LogP contribution in [0.5, 0.6) is 0 Å². The van der Waals surface area contributed by atoms with Crippen LogP contribution < -0.4 is 10.6 Å². The Morgan fingerprint density at radius 3 is 2.36 bits per heavy atom. The van der Waals surface area contributed by atoms with Crippen LogP contribution in [-0.2, 0) is 26.0 Å². The van der Waals surface area contributed by atoms with Gasteiger partial charge in [-0.15, -0.1) is 0 Å². The Morgan fingerprint density at radius 2 is 1.73 bits per heavy atom. The fourth-order valence-corrected chi connectivity index (χ4v) is 6.29. The number of hydrogen-bond acceptors (Lipinski definition) is 4. The van der Waals surface area contributed by atoms with Gasteiger partial charge >= 0.3 is 0 Å². The van der Waals surface area contributed by atoms with Gasteiger partial charge in [-0.25, -0.2) is 8.42 Å². The lowest BCUT2D eigenvalue weighted by atomic mass is 9.95. The van der Waals surface area contributed by atoms with Crippen molar-refractivity contribution in [3.05, 3.63) is 72.8 Å². The Morgan fingerprint density at radius 1 is 1.06 bits per heavy atom. The van der Waals surface area contributed by atoms with Gasteiger partial charge in [0.2, 0.25) is 21.8 Å². The van der Waals surface area contributed by atoms with E-state index < -0.39 is 10.0 Å². The van der Waals surface area contributed by atoms with E-state index >= 15 is 0 Å². The Labute approximate surface area is 195 Å². The number of nitrogens with zero attached hydrogens (tertiary/aromatic N) is 1. The highest BCUT2D eigenvalue weighted by Gasteiger charge is 2.39. The van der Waals surface area contributed by atoms with E-state index in [0.29, 0.717) is 31.4 Å². The highest BCUT2D eigenvalue weighted by atomic mass is 32.2. The summed E-state index contributed by atoms with van der Waals surface area (Å²) in [4.78, 5) is 24.2. The second kappa shape index (κ2) is 10.8. The number of rotatable bonds is 8. The Hall–Kier alpha value is -2.97. The highest BCUT2D eigenvalue weighted by molar-refractivity contribution is 7.89. The van der Waals surface area contributed by atoms with Crippen LogP contribution in [0.3, 0.4) is 0 Å². The predicted octanol–water partition coefficient (Wildman–Crippen LogP) is 3.49. The summed E-state index contributed by atoms with van der Waals surface area (Å²) in [5, 5.41) is 5.68. The molecule has 0 radical (unpaired) electrons. The van der Waals surface area contributed by atoms with Gasteiger partial charge in [-0.05, 0) is 62.9 Å². The number of carbonyl (C=O) groups excluding carboxylic acids is 2. The topological polar surface area (TPSA) is 95.6 Å². The van der Waals surface area contributed by atoms with E-state index in [1.165, 1.54) is 16.4 Å². The van der Waals surface area contributed by atoms with Gasteiger partial charge in [-0.1, -0.05) is 43.0 Å². The van der Waals surface area contributed by atoms with E-state index in [1.807, 2.05) is 44.2 Å². The Bertz CT molecular complexity index is 1090. The Balaban J connectivity index is 1.68. The molecule has 7 nitrogen and oxygen atoms in total. The summed E-state index contributed by atoms with van der Waals surface area (Å²) in [7, 11) is -3.78. The van der Waals surface area contributed by atoms with Gasteiger partial charge in [0, 0.05) is 30.2 Å². The second-order valence-corrected chi connectivity index (χ2v) is 10.3. The Kier molecular flexibility index (Phi) is 8.05. The van der Waals surface area contributed by atoms with Gasteiger partial charge < -0.3 is 10.6 Å². The van der Waals surface area contributed by atoms with Crippen LogP contribution in [-0.4, -0.2) is 42.7 Å². The van der Waals surface area contributed by atoms with Crippen molar-refractivity contribution in [1.29, 1.82) is 0 Å². The van der Waals surface area contributed by atoms with Gasteiger partial charge in [-0.2, -0.15) is 4.31 Å². The fourth-order valence-electron chi connectivity index (χ4n) is 4.40. The summed E-state index contributed by atoms with van der Waals surface area (Å²) >= 11 is 0. The molecular formula is C25H31N3O4S. The third kappa shape index (κ3) is 6.30. The first-order valence-electron chi connectivity index (χ1n) is 11.1. The van der Waals surface area contributed by atoms with E-state index in [0.717, 1.165) is 5.56 Å². The zero-order chi connectivity index (χ0) is 24.0. The molecule has 3 rings (SSSR count). The molecule has 8 heteroatoms. The molecule has 2 atom stereocenters. The molecule has 1 fully saturated rings. The first-order valence-corrected chi connectivity index (χ1v) is 12.5. The van der Waals surface area contributed by atoms with Crippen LogP contribution in [0.15, 0.2) is 72.1 Å². The van der Waals surface area contributed by atoms with Crippen LogP contribution in [0.4, 0.5) is 5.69 Å². The van der Waals surface area contributed by atoms with Crippen molar-refractivity contribution in [2.24, 2.45) is 0 Å². The minimum absolute atomic E-state index is 0.109. The monoisotopic (exact) mass is 469 g/mol. The molecule has 2 aromatic rings. The lowest BCUT2D eigenvalue weighted by Gasteiger charge is -2.41. The van der Waals surface area contributed by atoms with Crippen LogP contribution >= 0.6 is 0 Å². The van der Waals surface area contributed by atoms with Gasteiger partial charge in [0.25, 0.3) is 0 Å². The molecular weight excluding hydrogens is 438 g/mol. The van der Waals surface area contributed by atoms with E-state index in [4.69, 9.17) is 0 Å². The molecule has 1 aliphatic heterocycles. The molecule has 0 aliphatic carbocycles. The number of aryl methyl sites for hydroxylation is 1. The lowest BCUT2D eigenvalue weighted by molar-refractivity contribution is -0.118. The quantitative estimate of drug-likeness (QED) is 0.579. The van der Waals surface area contributed by atoms with Crippen LogP contribution in [0.1, 0.15) is 38.7 Å². The van der Waals surface area contributed by atoms with Crippen molar-refractivity contribution in [1.82, 2.24) is 9.62 Å². The number of hydrogen-bond donors (Lipinski definition) is 2. The zero-order valence-electron chi connectivity index (χ0n) is 19.0. The molecule has 1 saturated heterocycles. The molecule has 2 unspecified atom stereocenters. The number of benzene rings is 2. The molecule has 2 N–H and O–H groups in total. The average Bonchev–Trinajstić information content (AvgIpc) is 2.78. The molecule has 2 amide bonds. The first kappa shape index (κ1) is 24.7. The SMILES string of the molecule is C=CC(=O)NC1CC(C)N(S(=O)(=O)c2cccc(NC(=O)CCc3ccccc3)c2)C(C)C1. The van der Waals surface area contributed by atoms with Gasteiger partial charge in [-0.3, -0.25) is 9.59 Å². The molecule has 176 valence electrons. The van der Waals surface area contributed by atoms with Crippen LogP contribution in [0.25, 0.3) is 0 Å². The third-order valence-corrected chi connectivity index (χ3v) is 7.95. The smallest absolute Gasteiger partial charge is 0.243 e. The maximum atomic E-state index is 13.5. The standard InChI is InChI=1S/C25H31N3O4S/c1-4-24(29)27-22-15-18(2)28(19(3)16-22)33(31,32)23-12-8-11-21(17-23)26-25(30)14-13-20-9-6-5-7-10-20/h4-12,17-19,22H,1,13-16H2,2-3H3,(H,26,30)(H,27,29). The van der Waals surface area contributed by atoms with E-state index in [2.05, 4.69) is 17.2 Å². The summed E-state index contributed by atoms with van der Waals surface area (Å²) in [5.74, 6) is -0.430. The fraction of sp³-hybridized carbons (Fsp3) is 0.360. The summed E-state index contributed by atoms with van der Waals surface area (Å²) in [6, 6.07) is 15.4. The van der Waals surface area contributed by atoms with Gasteiger partial charge in [0.05, 0.1) is 4.90 Å². The number of sulfonamides is 1. The summed E-state index contributed by atoms with van der Waals surface area (Å²) in [6.07, 6.45) is 3.16. The minimum Gasteiger partial charge on any atom is -0.350 e. The van der Waals surface area contributed by atoms with E-state index in [-0.39, 0.29) is 34.8 Å². The predicted molar refractivity (Wildman–Crippen MR) is 129 cm³/mol. The van der Waals surface area contributed by atoms with E-state index in [9.17, 15) is 18.0 Å². The summed E-state index contributed by atoms with van der Waals surface area (Å²) in [5.41, 5.74) is 1.52. The van der Waals surface area contributed by atoms with Gasteiger partial charge in [0.15, 0.2) is 0 Å². The molecule has 1 aliphatic rings. The average molecular weight is 470 g/mol. The maximum absolute atomic E-state index is 13.5. The molecule has 1 heterocycles. The van der Waals surface area contributed by atoms with Crippen LogP contribution in [0, 0.1) is 0 Å². The molecule has 0 spiro atoms. The van der Waals surface area contributed by atoms with Crippen LogP contribution in [0.2, 0.25) is 0 Å². The largest absolute Gasteiger partial charge is 0.350 e. The third-order valence-electron chi connectivity index (χ3n) is 5.83. The number of nitrogens with one attached hydrogen (secondary N) is 2. The zero-order valence-corrected chi connectivity index (χ0v) is 19.8. The molecule has 0 aromatic heterocycles. The highest BCUT2D eigenvalue weighted by Crippen LogP contribution is 2.30. The molecule has 0 saturated carbocycles. The minimum atomic E-state index is -3.78. The number of amides is 2. The van der Waals surface area contributed by atoms with Crippen molar-refractivity contribution in [3.8, 4) is 0 Å². The number of piperidine rings is 1. The lowest BCUT2D eigenvalue weighted by Crippen LogP contribution is -2.54. The van der Waals surface area contributed by atoms with Crippen molar-refractivity contribution in [3.63, 3.8) is 0 Å². The van der Waals surface area contributed by atoms with E-state index in [1.54, 1.807) is 18.2 Å². The maximum Gasteiger partial charge on any atom is 0.243 e. The number of anilines is 1. The first-order chi connectivity index (χ1) is 15.7. The molecule has 0 bridgehead atoms. The molecule has 33 heavy (non-hydrogen) atoms. The van der Waals surface area contributed by atoms with Crippen molar-refractivity contribution in [2.75, 3.05) is 5.32 Å². The second-order valence-electron chi connectivity index (χ2n) is 8.48. The van der Waals surface area contributed by atoms with Gasteiger partial charge in [0.1, 0.15) is 0 Å². The van der Waals surface area contributed by atoms with Crippen molar-refractivity contribution >= 4 is 27.5 Å². The normalized spacial score (nSPS) is 21.2. The summed E-state index contributed by atoms with van der Waals surface area (Å²) in [6.45, 7) is 7.15.